The lowest BCUT2D eigenvalue weighted by Crippen LogP contribution is -2.52. The van der Waals surface area contributed by atoms with Crippen molar-refractivity contribution in [2.75, 3.05) is 5.75 Å². The van der Waals surface area contributed by atoms with Gasteiger partial charge in [-0.15, -0.1) is 11.8 Å². The molecule has 1 fully saturated rings. The minimum absolute atomic E-state index is 0.0208. The Balaban J connectivity index is 1.52. The largest absolute Gasteiger partial charge is 0.352 e. The van der Waals surface area contributed by atoms with Crippen LogP contribution in [0.2, 0.25) is 5.02 Å². The first-order valence-electron chi connectivity index (χ1n) is 13.6. The summed E-state index contributed by atoms with van der Waals surface area (Å²) >= 11 is 7.72. The van der Waals surface area contributed by atoms with E-state index < -0.39 is 6.04 Å². The van der Waals surface area contributed by atoms with Gasteiger partial charge >= 0.3 is 0 Å². The molecule has 200 valence electrons. The zero-order valence-corrected chi connectivity index (χ0v) is 23.6. The van der Waals surface area contributed by atoms with E-state index in [4.69, 9.17) is 11.6 Å². The van der Waals surface area contributed by atoms with Crippen molar-refractivity contribution in [3.8, 4) is 0 Å². The van der Waals surface area contributed by atoms with Crippen molar-refractivity contribution < 1.29 is 9.59 Å². The van der Waals surface area contributed by atoms with Crippen molar-refractivity contribution in [2.24, 2.45) is 0 Å². The van der Waals surface area contributed by atoms with Crippen LogP contribution < -0.4 is 5.32 Å². The van der Waals surface area contributed by atoms with Gasteiger partial charge < -0.3 is 10.2 Å². The predicted molar refractivity (Wildman–Crippen MR) is 157 cm³/mol. The van der Waals surface area contributed by atoms with Crippen molar-refractivity contribution in [2.45, 2.75) is 75.4 Å². The Hall–Kier alpha value is -2.76. The van der Waals surface area contributed by atoms with Gasteiger partial charge in [-0.1, -0.05) is 79.0 Å². The molecule has 1 aliphatic rings. The summed E-state index contributed by atoms with van der Waals surface area (Å²) in [7, 11) is 0. The molecule has 0 bridgehead atoms. The van der Waals surface area contributed by atoms with Gasteiger partial charge in [0.15, 0.2) is 0 Å². The average molecular weight is 549 g/mol. The van der Waals surface area contributed by atoms with E-state index in [-0.39, 0.29) is 17.9 Å². The number of thioether (sulfide) groups is 1. The lowest BCUT2D eigenvalue weighted by Gasteiger charge is -2.33. The molecule has 6 heteroatoms. The third-order valence-corrected chi connectivity index (χ3v) is 8.54. The lowest BCUT2D eigenvalue weighted by molar-refractivity contribution is -0.141. The van der Waals surface area contributed by atoms with Crippen molar-refractivity contribution >= 4 is 35.2 Å². The standard InChI is InChI=1S/C32H37ClN2O2S/c1-24-10-5-6-13-26(24)23-35(31(36)16-9-21-38-29-19-17-27(33)18-20-29)30(22-25-11-3-2-4-12-25)32(37)34-28-14-7-8-15-28/h2-6,10-13,17-20,28,30H,7-9,14-16,21-23H2,1H3,(H,34,37)/t30-/m1/s1. The molecule has 0 saturated heterocycles. The number of carbonyl (C=O) groups is 2. The van der Waals surface area contributed by atoms with E-state index in [2.05, 4.69) is 24.4 Å². The normalized spacial score (nSPS) is 14.3. The Labute approximate surface area is 236 Å². The second kappa shape index (κ2) is 14.4. The van der Waals surface area contributed by atoms with Crippen molar-refractivity contribution in [1.82, 2.24) is 10.2 Å². The van der Waals surface area contributed by atoms with Crippen LogP contribution in [0, 0.1) is 6.92 Å². The molecular weight excluding hydrogens is 512 g/mol. The Morgan fingerprint density at radius 2 is 1.66 bits per heavy atom. The second-order valence-electron chi connectivity index (χ2n) is 10.0. The van der Waals surface area contributed by atoms with Crippen LogP contribution in [0.3, 0.4) is 0 Å². The van der Waals surface area contributed by atoms with Gasteiger partial charge in [0.05, 0.1) is 0 Å². The van der Waals surface area contributed by atoms with Crippen molar-refractivity contribution in [1.29, 1.82) is 0 Å². The Morgan fingerprint density at radius 3 is 2.37 bits per heavy atom. The smallest absolute Gasteiger partial charge is 0.243 e. The molecule has 4 rings (SSSR count). The maximum atomic E-state index is 13.8. The zero-order valence-electron chi connectivity index (χ0n) is 22.1. The summed E-state index contributed by atoms with van der Waals surface area (Å²) in [6.45, 7) is 2.48. The second-order valence-corrected chi connectivity index (χ2v) is 11.7. The van der Waals surface area contributed by atoms with E-state index in [0.717, 1.165) is 64.5 Å². The first-order valence-corrected chi connectivity index (χ1v) is 14.9. The van der Waals surface area contributed by atoms with Crippen LogP contribution in [-0.2, 0) is 22.6 Å². The highest BCUT2D eigenvalue weighted by molar-refractivity contribution is 7.99. The fraction of sp³-hybridized carbons (Fsp3) is 0.375. The number of benzene rings is 3. The van der Waals surface area contributed by atoms with E-state index >= 15 is 0 Å². The quantitative estimate of drug-likeness (QED) is 0.192. The highest BCUT2D eigenvalue weighted by Crippen LogP contribution is 2.24. The summed E-state index contributed by atoms with van der Waals surface area (Å²) in [6.07, 6.45) is 5.94. The lowest BCUT2D eigenvalue weighted by atomic mass is 10.0. The van der Waals surface area contributed by atoms with Crippen LogP contribution in [0.15, 0.2) is 83.8 Å². The molecule has 0 aliphatic heterocycles. The van der Waals surface area contributed by atoms with Crippen LogP contribution >= 0.6 is 23.4 Å². The van der Waals surface area contributed by atoms with Gasteiger partial charge in [-0.05, 0) is 72.9 Å². The summed E-state index contributed by atoms with van der Waals surface area (Å²) in [5.74, 6) is 0.800. The fourth-order valence-corrected chi connectivity index (χ4v) is 5.96. The van der Waals surface area contributed by atoms with Gasteiger partial charge in [0.1, 0.15) is 6.04 Å². The molecule has 38 heavy (non-hydrogen) atoms. The minimum Gasteiger partial charge on any atom is -0.352 e. The molecule has 3 aromatic rings. The Bertz CT molecular complexity index is 1180. The fourth-order valence-electron chi connectivity index (χ4n) is 4.98. The molecule has 3 aromatic carbocycles. The van der Waals surface area contributed by atoms with E-state index in [0.29, 0.717) is 19.4 Å². The molecule has 4 nitrogen and oxygen atoms in total. The van der Waals surface area contributed by atoms with Crippen LogP contribution in [0.1, 0.15) is 55.2 Å². The number of nitrogens with zero attached hydrogens (tertiary/aromatic N) is 1. The zero-order chi connectivity index (χ0) is 26.7. The van der Waals surface area contributed by atoms with E-state index in [1.54, 1.807) is 11.8 Å². The van der Waals surface area contributed by atoms with Gasteiger partial charge in [-0.3, -0.25) is 9.59 Å². The third-order valence-electron chi connectivity index (χ3n) is 7.19. The van der Waals surface area contributed by atoms with Crippen LogP contribution in [0.4, 0.5) is 0 Å². The third kappa shape index (κ3) is 8.37. The number of nitrogens with one attached hydrogen (secondary N) is 1. The average Bonchev–Trinajstić information content (AvgIpc) is 3.44. The molecular formula is C32H37ClN2O2S. The minimum atomic E-state index is -0.561. The molecule has 0 aromatic heterocycles. The molecule has 1 aliphatic carbocycles. The highest BCUT2D eigenvalue weighted by Gasteiger charge is 2.32. The summed E-state index contributed by atoms with van der Waals surface area (Å²) in [5, 5.41) is 4.00. The van der Waals surface area contributed by atoms with Gasteiger partial charge in [0, 0.05) is 35.3 Å². The number of carbonyl (C=O) groups excluding carboxylic acids is 2. The number of halogens is 1. The topological polar surface area (TPSA) is 49.4 Å². The van der Waals surface area contributed by atoms with Gasteiger partial charge in [-0.25, -0.2) is 0 Å². The molecule has 0 radical (unpaired) electrons. The SMILES string of the molecule is Cc1ccccc1CN(C(=O)CCCSc1ccc(Cl)cc1)[C@H](Cc1ccccc1)C(=O)NC1CCCC1. The van der Waals surface area contributed by atoms with Crippen LogP contribution in [-0.4, -0.2) is 34.6 Å². The Morgan fingerprint density at radius 1 is 0.974 bits per heavy atom. The summed E-state index contributed by atoms with van der Waals surface area (Å²) in [5.41, 5.74) is 3.25. The first kappa shape index (κ1) is 28.3. The van der Waals surface area contributed by atoms with E-state index in [1.807, 2.05) is 71.6 Å². The molecule has 1 saturated carbocycles. The Kier molecular flexibility index (Phi) is 10.7. The van der Waals surface area contributed by atoms with Gasteiger partial charge in [-0.2, -0.15) is 0 Å². The highest BCUT2D eigenvalue weighted by atomic mass is 35.5. The van der Waals surface area contributed by atoms with Gasteiger partial charge in [0.25, 0.3) is 0 Å². The molecule has 0 heterocycles. The number of hydrogen-bond acceptors (Lipinski definition) is 3. The molecule has 2 amide bonds. The van der Waals surface area contributed by atoms with Crippen LogP contribution in [0.5, 0.6) is 0 Å². The molecule has 0 unspecified atom stereocenters. The maximum absolute atomic E-state index is 13.8. The monoisotopic (exact) mass is 548 g/mol. The summed E-state index contributed by atoms with van der Waals surface area (Å²) in [6, 6.07) is 25.6. The summed E-state index contributed by atoms with van der Waals surface area (Å²) < 4.78 is 0. The number of hydrogen-bond donors (Lipinski definition) is 1. The molecule has 1 atom stereocenters. The van der Waals surface area contributed by atoms with E-state index in [9.17, 15) is 9.59 Å². The number of rotatable bonds is 12. The van der Waals surface area contributed by atoms with E-state index in [1.165, 1.54) is 0 Å². The number of aryl methyl sites for hydroxylation is 1. The summed E-state index contributed by atoms with van der Waals surface area (Å²) in [4.78, 5) is 30.5. The predicted octanol–water partition coefficient (Wildman–Crippen LogP) is 7.22. The maximum Gasteiger partial charge on any atom is 0.243 e. The molecule has 0 spiro atoms. The van der Waals surface area contributed by atoms with Crippen molar-refractivity contribution in [3.05, 3.63) is 101 Å². The molecule has 1 N–H and O–H groups in total. The van der Waals surface area contributed by atoms with Crippen molar-refractivity contribution in [3.63, 3.8) is 0 Å². The first-order chi connectivity index (χ1) is 18.5. The van der Waals surface area contributed by atoms with Crippen LogP contribution in [0.25, 0.3) is 0 Å². The van der Waals surface area contributed by atoms with Gasteiger partial charge in [0.2, 0.25) is 11.8 Å². The number of amides is 2.